The predicted molar refractivity (Wildman–Crippen MR) is 93.2 cm³/mol. The van der Waals surface area contributed by atoms with Gasteiger partial charge in [-0.05, 0) is 30.7 Å². The Bertz CT molecular complexity index is 746. The Kier molecular flexibility index (Phi) is 4.46. The fraction of sp³-hybridized carbons (Fsp3) is 0.278. The van der Waals surface area contributed by atoms with Gasteiger partial charge in [0.1, 0.15) is 11.9 Å². The highest BCUT2D eigenvalue weighted by molar-refractivity contribution is 6.04. The van der Waals surface area contributed by atoms with Crippen LogP contribution in [0.4, 0.5) is 11.5 Å². The molecule has 6 heteroatoms. The van der Waals surface area contributed by atoms with Gasteiger partial charge in [-0.15, -0.1) is 0 Å². The molecule has 0 radical (unpaired) electrons. The molecule has 124 valence electrons. The second-order valence-corrected chi connectivity index (χ2v) is 5.94. The quantitative estimate of drug-likeness (QED) is 0.929. The lowest BCUT2D eigenvalue weighted by Crippen LogP contribution is -2.41. The molecular weight excluding hydrogens is 304 g/mol. The Balaban J connectivity index is 1.69. The van der Waals surface area contributed by atoms with Crippen molar-refractivity contribution in [1.82, 2.24) is 10.3 Å². The summed E-state index contributed by atoms with van der Waals surface area (Å²) in [5.41, 5.74) is 1.36. The van der Waals surface area contributed by atoms with E-state index in [1.807, 2.05) is 49.3 Å². The van der Waals surface area contributed by atoms with Gasteiger partial charge in [-0.25, -0.2) is 4.98 Å². The first-order valence-electron chi connectivity index (χ1n) is 7.87. The minimum Gasteiger partial charge on any atom is -0.363 e. The van der Waals surface area contributed by atoms with Crippen LogP contribution >= 0.6 is 0 Å². The van der Waals surface area contributed by atoms with Crippen LogP contribution in [-0.2, 0) is 4.79 Å². The fourth-order valence-electron chi connectivity index (χ4n) is 2.72. The average molecular weight is 324 g/mol. The third kappa shape index (κ3) is 3.22. The smallest absolute Gasteiger partial charge is 0.252 e. The number of nitrogens with one attached hydrogen (secondary N) is 1. The molecule has 2 aromatic rings. The lowest BCUT2D eigenvalue weighted by atomic mass is 10.2. The minimum absolute atomic E-state index is 0.0727. The molecular formula is C18H20N4O2. The highest BCUT2D eigenvalue weighted by Gasteiger charge is 2.33. The summed E-state index contributed by atoms with van der Waals surface area (Å²) in [7, 11) is 3.73. The van der Waals surface area contributed by atoms with Gasteiger partial charge >= 0.3 is 0 Å². The first kappa shape index (κ1) is 16.0. The van der Waals surface area contributed by atoms with E-state index >= 15 is 0 Å². The molecule has 0 aliphatic carbocycles. The maximum absolute atomic E-state index is 12.5. The number of para-hydroxylation sites is 1. The topological polar surface area (TPSA) is 65.5 Å². The standard InChI is InChI=1S/C18H20N4O2/c1-21(2)16-12-13(8-10-19-16)17(23)20-15-9-11-22(18(15)24)14-6-4-3-5-7-14/h3-8,10,12,15H,9,11H2,1-2H3,(H,20,23)/t15-/m1/s1. The largest absolute Gasteiger partial charge is 0.363 e. The van der Waals surface area contributed by atoms with E-state index in [0.717, 1.165) is 5.69 Å². The number of nitrogens with zero attached hydrogens (tertiary/aromatic N) is 3. The predicted octanol–water partition coefficient (Wildman–Crippen LogP) is 1.68. The summed E-state index contributed by atoms with van der Waals surface area (Å²) in [4.78, 5) is 32.7. The molecule has 3 rings (SSSR count). The zero-order chi connectivity index (χ0) is 17.1. The second kappa shape index (κ2) is 6.70. The minimum atomic E-state index is -0.492. The van der Waals surface area contributed by atoms with E-state index in [2.05, 4.69) is 10.3 Å². The van der Waals surface area contributed by atoms with E-state index in [4.69, 9.17) is 0 Å². The zero-order valence-electron chi connectivity index (χ0n) is 13.8. The highest BCUT2D eigenvalue weighted by atomic mass is 16.2. The number of amides is 2. The van der Waals surface area contributed by atoms with Gasteiger partial charge in [0.25, 0.3) is 5.91 Å². The molecule has 1 saturated heterocycles. The summed E-state index contributed by atoms with van der Waals surface area (Å²) in [6.45, 7) is 0.604. The number of benzene rings is 1. The van der Waals surface area contributed by atoms with Crippen LogP contribution in [0.3, 0.4) is 0 Å². The van der Waals surface area contributed by atoms with Gasteiger partial charge in [0.2, 0.25) is 5.91 Å². The molecule has 0 bridgehead atoms. The number of rotatable bonds is 4. The van der Waals surface area contributed by atoms with Crippen molar-refractivity contribution in [2.24, 2.45) is 0 Å². The molecule has 1 aromatic carbocycles. The summed E-state index contributed by atoms with van der Waals surface area (Å²) >= 11 is 0. The summed E-state index contributed by atoms with van der Waals surface area (Å²) in [5, 5.41) is 2.83. The molecule has 2 amide bonds. The third-order valence-electron chi connectivity index (χ3n) is 4.04. The number of carbonyl (C=O) groups excluding carboxylic acids is 2. The van der Waals surface area contributed by atoms with Crippen LogP contribution in [0.5, 0.6) is 0 Å². The van der Waals surface area contributed by atoms with Crippen LogP contribution in [0, 0.1) is 0 Å². The molecule has 1 aliphatic heterocycles. The number of hydrogen-bond acceptors (Lipinski definition) is 4. The number of anilines is 2. The van der Waals surface area contributed by atoms with E-state index in [-0.39, 0.29) is 11.8 Å². The Morgan fingerprint density at radius 3 is 2.71 bits per heavy atom. The molecule has 6 nitrogen and oxygen atoms in total. The molecule has 24 heavy (non-hydrogen) atoms. The van der Waals surface area contributed by atoms with Crippen molar-refractivity contribution in [3.05, 3.63) is 54.2 Å². The third-order valence-corrected chi connectivity index (χ3v) is 4.04. The Labute approximate surface area is 141 Å². The van der Waals surface area contributed by atoms with Gasteiger partial charge in [-0.3, -0.25) is 9.59 Å². The van der Waals surface area contributed by atoms with Crippen molar-refractivity contribution in [3.8, 4) is 0 Å². The molecule has 1 aliphatic rings. The lowest BCUT2D eigenvalue weighted by Gasteiger charge is -2.17. The van der Waals surface area contributed by atoms with Gasteiger partial charge in [-0.1, -0.05) is 18.2 Å². The molecule has 1 N–H and O–H groups in total. The van der Waals surface area contributed by atoms with Crippen LogP contribution in [0.2, 0.25) is 0 Å². The van der Waals surface area contributed by atoms with Crippen molar-refractivity contribution < 1.29 is 9.59 Å². The van der Waals surface area contributed by atoms with Gasteiger partial charge in [0.05, 0.1) is 0 Å². The van der Waals surface area contributed by atoms with Gasteiger partial charge in [0.15, 0.2) is 0 Å². The van der Waals surface area contributed by atoms with Crippen LogP contribution in [-0.4, -0.2) is 43.5 Å². The van der Waals surface area contributed by atoms with E-state index in [1.165, 1.54) is 0 Å². The van der Waals surface area contributed by atoms with Crippen LogP contribution < -0.4 is 15.1 Å². The highest BCUT2D eigenvalue weighted by Crippen LogP contribution is 2.21. The monoisotopic (exact) mass is 324 g/mol. The van der Waals surface area contributed by atoms with Crippen LogP contribution in [0.15, 0.2) is 48.7 Å². The van der Waals surface area contributed by atoms with Gasteiger partial charge < -0.3 is 15.1 Å². The molecule has 1 aromatic heterocycles. The molecule has 1 fully saturated rings. The molecule has 2 heterocycles. The van der Waals surface area contributed by atoms with Crippen LogP contribution in [0.25, 0.3) is 0 Å². The molecule has 0 spiro atoms. The van der Waals surface area contributed by atoms with Gasteiger partial charge in [0, 0.05) is 38.1 Å². The van der Waals surface area contributed by atoms with Crippen molar-refractivity contribution in [1.29, 1.82) is 0 Å². The Morgan fingerprint density at radius 2 is 2.00 bits per heavy atom. The lowest BCUT2D eigenvalue weighted by molar-refractivity contribution is -0.118. The van der Waals surface area contributed by atoms with E-state index < -0.39 is 6.04 Å². The number of aromatic nitrogens is 1. The van der Waals surface area contributed by atoms with Crippen molar-refractivity contribution in [2.75, 3.05) is 30.4 Å². The number of carbonyl (C=O) groups is 2. The van der Waals surface area contributed by atoms with Crippen LogP contribution in [0.1, 0.15) is 16.8 Å². The fourth-order valence-corrected chi connectivity index (χ4v) is 2.72. The second-order valence-electron chi connectivity index (χ2n) is 5.94. The maximum atomic E-state index is 12.5. The summed E-state index contributed by atoms with van der Waals surface area (Å²) < 4.78 is 0. The molecule has 1 atom stereocenters. The summed E-state index contributed by atoms with van der Waals surface area (Å²) in [5.74, 6) is 0.372. The first-order valence-corrected chi connectivity index (χ1v) is 7.87. The number of pyridine rings is 1. The Hall–Kier alpha value is -2.89. The maximum Gasteiger partial charge on any atom is 0.252 e. The summed E-state index contributed by atoms with van der Waals surface area (Å²) in [6, 6.07) is 12.4. The first-order chi connectivity index (χ1) is 11.6. The molecule has 0 unspecified atom stereocenters. The SMILES string of the molecule is CN(C)c1cc(C(=O)N[C@@H]2CCN(c3ccccc3)C2=O)ccn1. The van der Waals surface area contributed by atoms with Crippen molar-refractivity contribution in [2.45, 2.75) is 12.5 Å². The Morgan fingerprint density at radius 1 is 1.25 bits per heavy atom. The average Bonchev–Trinajstić information content (AvgIpc) is 2.96. The van der Waals surface area contributed by atoms with E-state index in [9.17, 15) is 9.59 Å². The van der Waals surface area contributed by atoms with Crippen molar-refractivity contribution >= 4 is 23.3 Å². The van der Waals surface area contributed by atoms with Gasteiger partial charge in [-0.2, -0.15) is 0 Å². The normalized spacial score (nSPS) is 17.0. The van der Waals surface area contributed by atoms with Crippen molar-refractivity contribution in [3.63, 3.8) is 0 Å². The van der Waals surface area contributed by atoms with E-state index in [0.29, 0.717) is 24.3 Å². The summed E-state index contributed by atoms with van der Waals surface area (Å²) in [6.07, 6.45) is 2.20. The molecule has 0 saturated carbocycles. The van der Waals surface area contributed by atoms with E-state index in [1.54, 1.807) is 23.2 Å². The number of hydrogen-bond donors (Lipinski definition) is 1. The zero-order valence-corrected chi connectivity index (χ0v) is 13.8.